The Hall–Kier alpha value is -2.88. The van der Waals surface area contributed by atoms with Crippen LogP contribution >= 0.6 is 11.8 Å². The number of esters is 1. The monoisotopic (exact) mass is 460 g/mol. The normalized spacial score (nSPS) is 18.7. The highest BCUT2D eigenvalue weighted by atomic mass is 32.2. The average molecular weight is 461 g/mol. The van der Waals surface area contributed by atoms with Gasteiger partial charge in [-0.15, -0.1) is 0 Å². The molecule has 1 atom stereocenters. The molecule has 1 fully saturated rings. The summed E-state index contributed by atoms with van der Waals surface area (Å²) in [5.74, 6) is -1.56. The number of carbonyl (C=O) groups is 4. The highest BCUT2D eigenvalue weighted by Crippen LogP contribution is 2.29. The van der Waals surface area contributed by atoms with Crippen molar-refractivity contribution >= 4 is 46.3 Å². The zero-order valence-electron chi connectivity index (χ0n) is 18.5. The van der Waals surface area contributed by atoms with Crippen molar-refractivity contribution < 1.29 is 23.9 Å². The molecule has 0 spiro atoms. The Balaban J connectivity index is 1.51. The molecule has 2 aliphatic rings. The van der Waals surface area contributed by atoms with Crippen LogP contribution in [0.5, 0.6) is 0 Å². The molecule has 2 heterocycles. The quantitative estimate of drug-likeness (QED) is 0.625. The lowest BCUT2D eigenvalue weighted by Gasteiger charge is -2.27. The fourth-order valence-electron chi connectivity index (χ4n) is 3.48. The van der Waals surface area contributed by atoms with Gasteiger partial charge in [-0.2, -0.15) is 4.99 Å². The molecule has 1 unspecified atom stereocenters. The number of likely N-dealkylation sites (tertiary alicyclic amines) is 1. The van der Waals surface area contributed by atoms with E-state index < -0.39 is 22.7 Å². The Morgan fingerprint density at radius 2 is 1.81 bits per heavy atom. The van der Waals surface area contributed by atoms with Crippen LogP contribution in [0.3, 0.4) is 0 Å². The number of aliphatic imine (C=N–C) groups is 1. The molecule has 0 aromatic heterocycles. The van der Waals surface area contributed by atoms with Crippen molar-refractivity contribution in [3.05, 3.63) is 29.8 Å². The van der Waals surface area contributed by atoms with Crippen LogP contribution in [0.2, 0.25) is 0 Å². The van der Waals surface area contributed by atoms with E-state index in [-0.39, 0.29) is 18.2 Å². The Morgan fingerprint density at radius 3 is 2.44 bits per heavy atom. The van der Waals surface area contributed by atoms with Crippen molar-refractivity contribution in [1.29, 1.82) is 0 Å². The molecule has 172 valence electrons. The summed E-state index contributed by atoms with van der Waals surface area (Å²) < 4.78 is 4.68. The highest BCUT2D eigenvalue weighted by molar-refractivity contribution is 8.15. The van der Waals surface area contributed by atoms with Crippen molar-refractivity contribution in [1.82, 2.24) is 10.2 Å². The first-order valence-electron chi connectivity index (χ1n) is 10.5. The number of ether oxygens (including phenoxy) is 1. The molecule has 2 aliphatic heterocycles. The van der Waals surface area contributed by atoms with Gasteiger partial charge in [0.15, 0.2) is 5.17 Å². The Kier molecular flexibility index (Phi) is 7.55. The number of amidine groups is 1. The number of carbonyl (C=O) groups excluding carboxylic acids is 4. The topological polar surface area (TPSA) is 117 Å². The van der Waals surface area contributed by atoms with Crippen molar-refractivity contribution in [2.24, 2.45) is 4.99 Å². The van der Waals surface area contributed by atoms with Crippen molar-refractivity contribution in [2.45, 2.75) is 50.3 Å². The third-order valence-electron chi connectivity index (χ3n) is 5.28. The molecular weight excluding hydrogens is 432 g/mol. The Bertz CT molecular complexity index is 923. The number of hydrogen-bond donors (Lipinski definition) is 2. The number of piperidine rings is 1. The smallest absolute Gasteiger partial charge is 0.330 e. The summed E-state index contributed by atoms with van der Waals surface area (Å²) in [7, 11) is 1.26. The largest absolute Gasteiger partial charge is 0.467 e. The first-order chi connectivity index (χ1) is 15.2. The minimum absolute atomic E-state index is 0.0277. The van der Waals surface area contributed by atoms with Crippen LogP contribution in [0.4, 0.5) is 5.69 Å². The first-order valence-corrected chi connectivity index (χ1v) is 11.4. The van der Waals surface area contributed by atoms with E-state index in [1.807, 2.05) is 0 Å². The molecule has 0 saturated carbocycles. The van der Waals surface area contributed by atoms with Gasteiger partial charge >= 0.3 is 5.97 Å². The highest BCUT2D eigenvalue weighted by Gasteiger charge is 2.33. The SMILES string of the molecule is COC(=O)C(C)(C)NC(=O)c1ccc(NC(=O)CC2SC(N3CCCCC3)=NC2=O)cc1. The van der Waals surface area contributed by atoms with Gasteiger partial charge in [-0.3, -0.25) is 14.4 Å². The number of benzene rings is 1. The zero-order valence-corrected chi connectivity index (χ0v) is 19.3. The lowest BCUT2D eigenvalue weighted by molar-refractivity contribution is -0.146. The van der Waals surface area contributed by atoms with Gasteiger partial charge in [0, 0.05) is 30.8 Å². The average Bonchev–Trinajstić information content (AvgIpc) is 3.13. The first kappa shape index (κ1) is 23.8. The number of methoxy groups -OCH3 is 1. The predicted molar refractivity (Wildman–Crippen MR) is 122 cm³/mol. The summed E-state index contributed by atoms with van der Waals surface area (Å²) in [6, 6.07) is 6.28. The number of anilines is 1. The fourth-order valence-corrected chi connectivity index (χ4v) is 4.59. The molecule has 9 nitrogen and oxygen atoms in total. The van der Waals surface area contributed by atoms with Crippen LogP contribution in [-0.2, 0) is 19.1 Å². The molecule has 3 amide bonds. The minimum atomic E-state index is -1.17. The van der Waals surface area contributed by atoms with Gasteiger partial charge in [0.1, 0.15) is 10.8 Å². The molecule has 0 bridgehead atoms. The molecule has 32 heavy (non-hydrogen) atoms. The molecule has 0 radical (unpaired) electrons. The van der Waals surface area contributed by atoms with E-state index in [2.05, 4.69) is 25.3 Å². The summed E-state index contributed by atoms with van der Waals surface area (Å²) in [6.45, 7) is 4.89. The summed E-state index contributed by atoms with van der Waals surface area (Å²) in [4.78, 5) is 55.0. The van der Waals surface area contributed by atoms with Gasteiger partial charge in [-0.1, -0.05) is 11.8 Å². The third kappa shape index (κ3) is 5.87. The van der Waals surface area contributed by atoms with Crippen LogP contribution in [0.25, 0.3) is 0 Å². The molecule has 2 N–H and O–H groups in total. The van der Waals surface area contributed by atoms with E-state index in [1.165, 1.54) is 25.3 Å². The van der Waals surface area contributed by atoms with E-state index in [1.54, 1.807) is 38.1 Å². The molecule has 1 aromatic carbocycles. The standard InChI is InChI=1S/C22H28N4O5S/c1-22(2,20(30)31-3)25-18(28)14-7-9-15(10-8-14)23-17(27)13-16-19(29)24-21(32-16)26-11-5-4-6-12-26/h7-10,16H,4-6,11-13H2,1-3H3,(H,23,27)(H,25,28). The Morgan fingerprint density at radius 1 is 1.16 bits per heavy atom. The van der Waals surface area contributed by atoms with Gasteiger partial charge in [0.05, 0.1) is 7.11 Å². The number of nitrogens with zero attached hydrogens (tertiary/aromatic N) is 2. The molecule has 10 heteroatoms. The van der Waals surface area contributed by atoms with Gasteiger partial charge in [-0.25, -0.2) is 4.79 Å². The Labute approximate surface area is 191 Å². The number of thioether (sulfide) groups is 1. The van der Waals surface area contributed by atoms with Crippen LogP contribution in [0.1, 0.15) is 49.9 Å². The van der Waals surface area contributed by atoms with E-state index >= 15 is 0 Å². The van der Waals surface area contributed by atoms with E-state index in [9.17, 15) is 19.2 Å². The number of hydrogen-bond acceptors (Lipinski definition) is 7. The van der Waals surface area contributed by atoms with Gasteiger partial charge < -0.3 is 20.3 Å². The second-order valence-electron chi connectivity index (χ2n) is 8.29. The number of rotatable bonds is 6. The van der Waals surface area contributed by atoms with E-state index in [0.717, 1.165) is 31.1 Å². The van der Waals surface area contributed by atoms with Crippen molar-refractivity contribution in [3.8, 4) is 0 Å². The van der Waals surface area contributed by atoms with Crippen molar-refractivity contribution in [2.75, 3.05) is 25.5 Å². The third-order valence-corrected chi connectivity index (χ3v) is 6.49. The van der Waals surface area contributed by atoms with Crippen LogP contribution in [0, 0.1) is 0 Å². The van der Waals surface area contributed by atoms with Crippen LogP contribution in [0.15, 0.2) is 29.3 Å². The summed E-state index contributed by atoms with van der Waals surface area (Å²) in [5, 5.41) is 5.56. The molecular formula is C22H28N4O5S. The summed E-state index contributed by atoms with van der Waals surface area (Å²) in [5.41, 5.74) is -0.327. The second kappa shape index (κ2) is 10.2. The molecule has 3 rings (SSSR count). The maximum absolute atomic E-state index is 12.4. The minimum Gasteiger partial charge on any atom is -0.467 e. The second-order valence-corrected chi connectivity index (χ2v) is 9.46. The molecule has 1 saturated heterocycles. The fraction of sp³-hybridized carbons (Fsp3) is 0.500. The van der Waals surface area contributed by atoms with Gasteiger partial charge in [0.25, 0.3) is 11.8 Å². The van der Waals surface area contributed by atoms with E-state index in [0.29, 0.717) is 11.3 Å². The zero-order chi connectivity index (χ0) is 23.3. The number of amides is 3. The van der Waals surface area contributed by atoms with Gasteiger partial charge in [0.2, 0.25) is 5.91 Å². The maximum atomic E-state index is 12.4. The lowest BCUT2D eigenvalue weighted by Crippen LogP contribution is -2.50. The van der Waals surface area contributed by atoms with Gasteiger partial charge in [-0.05, 0) is 57.4 Å². The summed E-state index contributed by atoms with van der Waals surface area (Å²) in [6.07, 6.45) is 3.40. The van der Waals surface area contributed by atoms with Crippen LogP contribution < -0.4 is 10.6 Å². The lowest BCUT2D eigenvalue weighted by atomic mass is 10.0. The van der Waals surface area contributed by atoms with Crippen molar-refractivity contribution in [3.63, 3.8) is 0 Å². The number of nitrogens with one attached hydrogen (secondary N) is 2. The van der Waals surface area contributed by atoms with Crippen LogP contribution in [-0.4, -0.2) is 64.7 Å². The maximum Gasteiger partial charge on any atom is 0.330 e. The summed E-state index contributed by atoms with van der Waals surface area (Å²) >= 11 is 1.35. The predicted octanol–water partition coefficient (Wildman–Crippen LogP) is 2.18. The molecule has 0 aliphatic carbocycles. The van der Waals surface area contributed by atoms with E-state index in [4.69, 9.17) is 0 Å². The molecule has 1 aromatic rings.